The van der Waals surface area contributed by atoms with E-state index in [0.717, 1.165) is 5.56 Å². The van der Waals surface area contributed by atoms with Gasteiger partial charge in [0.05, 0.1) is 6.61 Å². The average Bonchev–Trinajstić information content (AvgIpc) is 2.30. The minimum atomic E-state index is -0.501. The van der Waals surface area contributed by atoms with Crippen LogP contribution in [-0.4, -0.2) is 11.0 Å². The molecule has 0 unspecified atom stereocenters. The highest BCUT2D eigenvalue weighted by Gasteiger charge is 2.06. The van der Waals surface area contributed by atoms with Gasteiger partial charge in [0.2, 0.25) is 5.91 Å². The lowest BCUT2D eigenvalue weighted by Crippen LogP contribution is -2.13. The Hall–Kier alpha value is -1.35. The van der Waals surface area contributed by atoms with Crippen LogP contribution in [0.25, 0.3) is 0 Å². The minimum Gasteiger partial charge on any atom is -0.392 e. The Morgan fingerprint density at radius 3 is 2.24 bits per heavy atom. The molecule has 1 aromatic rings. The van der Waals surface area contributed by atoms with Crippen LogP contribution in [0.5, 0.6) is 0 Å². The number of carbonyl (C=O) groups excluding carboxylic acids is 1. The number of primary amides is 1. The van der Waals surface area contributed by atoms with Crippen molar-refractivity contribution < 1.29 is 9.90 Å². The first kappa shape index (κ1) is 15.7. The van der Waals surface area contributed by atoms with Crippen LogP contribution in [0.3, 0.4) is 0 Å². The molecule has 0 atom stereocenters. The predicted octanol–water partition coefficient (Wildman–Crippen LogP) is 2.78. The second-order valence-corrected chi connectivity index (χ2v) is 4.04. The molecule has 17 heavy (non-hydrogen) atoms. The molecule has 0 fully saturated rings. The van der Waals surface area contributed by atoms with Crippen molar-refractivity contribution in [2.75, 3.05) is 0 Å². The molecule has 0 radical (unpaired) electrons. The maximum absolute atomic E-state index is 10.8. The topological polar surface area (TPSA) is 63.3 Å². The first-order valence-electron chi connectivity index (χ1n) is 6.06. The molecule has 0 aliphatic carbocycles. The highest BCUT2D eigenvalue weighted by atomic mass is 16.3. The molecule has 0 aliphatic heterocycles. The highest BCUT2D eigenvalue weighted by Crippen LogP contribution is 2.10. The van der Waals surface area contributed by atoms with Gasteiger partial charge in [-0.25, -0.2) is 0 Å². The van der Waals surface area contributed by atoms with Crippen molar-refractivity contribution in [1.29, 1.82) is 0 Å². The zero-order valence-corrected chi connectivity index (χ0v) is 11.0. The van der Waals surface area contributed by atoms with Crippen LogP contribution in [0.1, 0.15) is 54.6 Å². The molecule has 1 aromatic carbocycles. The lowest BCUT2D eigenvalue weighted by Gasteiger charge is -2.03. The van der Waals surface area contributed by atoms with Gasteiger partial charge in [0, 0.05) is 5.56 Å². The molecule has 0 saturated carbocycles. The molecule has 0 saturated heterocycles. The summed E-state index contributed by atoms with van der Waals surface area (Å²) < 4.78 is 0. The summed E-state index contributed by atoms with van der Waals surface area (Å²) in [5.41, 5.74) is 7.07. The second kappa shape index (κ2) is 8.76. The van der Waals surface area contributed by atoms with Crippen LogP contribution in [0.2, 0.25) is 0 Å². The Kier molecular flexibility index (Phi) is 8.07. The number of benzene rings is 1. The van der Waals surface area contributed by atoms with Gasteiger partial charge in [0.15, 0.2) is 0 Å². The first-order chi connectivity index (χ1) is 8.06. The van der Waals surface area contributed by atoms with Gasteiger partial charge in [-0.1, -0.05) is 50.8 Å². The number of aryl methyl sites for hydroxylation is 1. The third-order valence-electron chi connectivity index (χ3n) is 2.40. The van der Waals surface area contributed by atoms with Crippen LogP contribution in [0, 0.1) is 6.92 Å². The number of rotatable bonds is 4. The third kappa shape index (κ3) is 6.07. The summed E-state index contributed by atoms with van der Waals surface area (Å²) in [7, 11) is 0. The number of aliphatic hydroxyl groups excluding tert-OH is 1. The van der Waals surface area contributed by atoms with E-state index < -0.39 is 5.91 Å². The van der Waals surface area contributed by atoms with Gasteiger partial charge < -0.3 is 10.8 Å². The molecule has 0 heterocycles. The quantitative estimate of drug-likeness (QED) is 0.845. The van der Waals surface area contributed by atoms with Crippen molar-refractivity contribution in [3.63, 3.8) is 0 Å². The molecule has 0 bridgehead atoms. The molecule has 0 aromatic heterocycles. The van der Waals surface area contributed by atoms with E-state index in [1.54, 1.807) is 18.2 Å². The lowest BCUT2D eigenvalue weighted by atomic mass is 10.0. The van der Waals surface area contributed by atoms with Gasteiger partial charge in [0.25, 0.3) is 0 Å². The van der Waals surface area contributed by atoms with Crippen molar-refractivity contribution >= 4 is 5.91 Å². The Bertz CT molecular complexity index is 346. The summed E-state index contributed by atoms with van der Waals surface area (Å²) in [4.78, 5) is 10.8. The van der Waals surface area contributed by atoms with E-state index in [1.807, 2.05) is 6.92 Å². The van der Waals surface area contributed by atoms with Crippen molar-refractivity contribution in [3.05, 3.63) is 34.9 Å². The zero-order valence-electron chi connectivity index (χ0n) is 11.0. The van der Waals surface area contributed by atoms with Crippen LogP contribution < -0.4 is 5.73 Å². The van der Waals surface area contributed by atoms with Gasteiger partial charge in [-0.2, -0.15) is 0 Å². The SMILES string of the molecule is CCCCC.Cc1ccc(C(N)=O)c(CO)c1. The largest absolute Gasteiger partial charge is 0.392 e. The van der Waals surface area contributed by atoms with Gasteiger partial charge in [-0.15, -0.1) is 0 Å². The van der Waals surface area contributed by atoms with Crippen LogP contribution in [0.4, 0.5) is 0 Å². The van der Waals surface area contributed by atoms with E-state index in [4.69, 9.17) is 10.8 Å². The lowest BCUT2D eigenvalue weighted by molar-refractivity contribution is 0.0997. The molecule has 3 heteroatoms. The predicted molar refractivity (Wildman–Crippen MR) is 70.8 cm³/mol. The van der Waals surface area contributed by atoms with E-state index in [-0.39, 0.29) is 6.61 Å². The Balaban J connectivity index is 0.000000437. The average molecular weight is 237 g/mol. The Labute approximate surface area is 104 Å². The van der Waals surface area contributed by atoms with Gasteiger partial charge in [-0.3, -0.25) is 4.79 Å². The van der Waals surface area contributed by atoms with Gasteiger partial charge in [0.1, 0.15) is 0 Å². The standard InChI is InChI=1S/C9H11NO2.C5H12/c1-6-2-3-8(9(10)12)7(4-6)5-11;1-3-5-4-2/h2-4,11H,5H2,1H3,(H2,10,12);3-5H2,1-2H3. The summed E-state index contributed by atoms with van der Waals surface area (Å²) in [6, 6.07) is 5.17. The molecule has 0 aliphatic rings. The summed E-state index contributed by atoms with van der Waals surface area (Å²) in [6.07, 6.45) is 4.08. The number of hydrogen-bond acceptors (Lipinski definition) is 2. The fraction of sp³-hybridized carbons (Fsp3) is 0.500. The molecule has 3 nitrogen and oxygen atoms in total. The molecule has 1 rings (SSSR count). The summed E-state index contributed by atoms with van der Waals surface area (Å²) in [5, 5.41) is 8.88. The smallest absolute Gasteiger partial charge is 0.249 e. The van der Waals surface area contributed by atoms with E-state index in [9.17, 15) is 4.79 Å². The summed E-state index contributed by atoms with van der Waals surface area (Å²) in [5.74, 6) is -0.501. The van der Waals surface area contributed by atoms with E-state index in [0.29, 0.717) is 11.1 Å². The van der Waals surface area contributed by atoms with Crippen molar-refractivity contribution in [2.45, 2.75) is 46.6 Å². The number of amides is 1. The number of hydrogen-bond donors (Lipinski definition) is 2. The highest BCUT2D eigenvalue weighted by molar-refractivity contribution is 5.94. The third-order valence-corrected chi connectivity index (χ3v) is 2.40. The number of nitrogens with two attached hydrogens (primary N) is 1. The van der Waals surface area contributed by atoms with Gasteiger partial charge in [-0.05, 0) is 18.6 Å². The van der Waals surface area contributed by atoms with Crippen LogP contribution >= 0.6 is 0 Å². The monoisotopic (exact) mass is 237 g/mol. The number of unbranched alkanes of at least 4 members (excludes halogenated alkanes) is 2. The molecular weight excluding hydrogens is 214 g/mol. The molecule has 1 amide bonds. The molecular formula is C14H23NO2. The molecule has 3 N–H and O–H groups in total. The second-order valence-electron chi connectivity index (χ2n) is 4.04. The molecule has 0 spiro atoms. The fourth-order valence-electron chi connectivity index (χ4n) is 1.45. The van der Waals surface area contributed by atoms with E-state index in [2.05, 4.69) is 13.8 Å². The fourth-order valence-corrected chi connectivity index (χ4v) is 1.45. The van der Waals surface area contributed by atoms with Crippen LogP contribution in [-0.2, 0) is 6.61 Å². The van der Waals surface area contributed by atoms with E-state index in [1.165, 1.54) is 19.3 Å². The molecule has 96 valence electrons. The van der Waals surface area contributed by atoms with Gasteiger partial charge >= 0.3 is 0 Å². The maximum atomic E-state index is 10.8. The Morgan fingerprint density at radius 1 is 1.29 bits per heavy atom. The van der Waals surface area contributed by atoms with Crippen LogP contribution in [0.15, 0.2) is 18.2 Å². The van der Waals surface area contributed by atoms with Crippen molar-refractivity contribution in [3.8, 4) is 0 Å². The zero-order chi connectivity index (χ0) is 13.3. The summed E-state index contributed by atoms with van der Waals surface area (Å²) in [6.45, 7) is 6.16. The summed E-state index contributed by atoms with van der Waals surface area (Å²) >= 11 is 0. The normalized spacial score (nSPS) is 9.41. The minimum absolute atomic E-state index is 0.153. The maximum Gasteiger partial charge on any atom is 0.249 e. The van der Waals surface area contributed by atoms with Crippen molar-refractivity contribution in [2.24, 2.45) is 5.73 Å². The van der Waals surface area contributed by atoms with Crippen molar-refractivity contribution in [1.82, 2.24) is 0 Å². The van der Waals surface area contributed by atoms with E-state index >= 15 is 0 Å². The Morgan fingerprint density at radius 2 is 1.88 bits per heavy atom. The number of carbonyl (C=O) groups is 1. The first-order valence-corrected chi connectivity index (χ1v) is 6.06. The number of aliphatic hydroxyl groups is 1.